The van der Waals surface area contributed by atoms with Gasteiger partial charge in [0.15, 0.2) is 17.9 Å². The van der Waals surface area contributed by atoms with Crippen molar-refractivity contribution in [3.8, 4) is 0 Å². The second-order valence-electron chi connectivity index (χ2n) is 12.0. The summed E-state index contributed by atoms with van der Waals surface area (Å²) in [5.74, 6) is -5.31. The van der Waals surface area contributed by atoms with Gasteiger partial charge in [-0.1, -0.05) is 13.8 Å². The first-order valence-corrected chi connectivity index (χ1v) is 16.4. The van der Waals surface area contributed by atoms with Crippen molar-refractivity contribution in [1.82, 2.24) is 26.6 Å². The van der Waals surface area contributed by atoms with Gasteiger partial charge in [0.25, 0.3) is 0 Å². The molecule has 0 bridgehead atoms. The first-order chi connectivity index (χ1) is 23.9. The molecule has 0 spiro atoms. The lowest BCUT2D eigenvalue weighted by Gasteiger charge is -2.27. The molecule has 0 aliphatic heterocycles. The average molecular weight is 728 g/mol. The van der Waals surface area contributed by atoms with Gasteiger partial charge in [0.05, 0.1) is 6.61 Å². The summed E-state index contributed by atoms with van der Waals surface area (Å²) in [4.78, 5) is 88.6. The second-order valence-corrected chi connectivity index (χ2v) is 12.0. The molecule has 0 heterocycles. The molecular formula is C29H57N15O7. The zero-order valence-electron chi connectivity index (χ0n) is 29.5. The molecule has 0 aromatic carbocycles. The summed E-state index contributed by atoms with van der Waals surface area (Å²) in [6, 6.07) is -6.16. The number of rotatable bonds is 25. The molecule has 6 amide bonds. The fraction of sp³-hybridized carbons (Fsp3) is 0.690. The van der Waals surface area contributed by atoms with E-state index in [9.17, 15) is 33.9 Å². The molecule has 0 aliphatic rings. The van der Waals surface area contributed by atoms with E-state index in [1.165, 1.54) is 6.92 Å². The third-order valence-corrected chi connectivity index (χ3v) is 7.14. The van der Waals surface area contributed by atoms with E-state index in [0.717, 1.165) is 0 Å². The highest BCUT2D eigenvalue weighted by Gasteiger charge is 2.32. The molecule has 0 aromatic heterocycles. The Morgan fingerprint density at radius 1 is 0.529 bits per heavy atom. The largest absolute Gasteiger partial charge is 0.394 e. The van der Waals surface area contributed by atoms with Crippen molar-refractivity contribution in [3.63, 3.8) is 0 Å². The van der Waals surface area contributed by atoms with Crippen LogP contribution in [0.25, 0.3) is 0 Å². The number of primary amides is 1. The summed E-state index contributed by atoms with van der Waals surface area (Å²) < 4.78 is 0. The van der Waals surface area contributed by atoms with E-state index >= 15 is 0 Å². The number of aliphatic imine (C=N–C) groups is 3. The van der Waals surface area contributed by atoms with Gasteiger partial charge in [-0.05, 0) is 50.9 Å². The molecule has 22 nitrogen and oxygen atoms in total. The van der Waals surface area contributed by atoms with Gasteiger partial charge in [-0.3, -0.25) is 43.7 Å². The van der Waals surface area contributed by atoms with Gasteiger partial charge in [0.2, 0.25) is 35.4 Å². The lowest BCUT2D eigenvalue weighted by molar-refractivity contribution is -0.136. The summed E-state index contributed by atoms with van der Waals surface area (Å²) in [5, 5.41) is 22.5. The number of carbonyl (C=O) groups excluding carboxylic acids is 6. The highest BCUT2D eigenvalue weighted by atomic mass is 16.3. The van der Waals surface area contributed by atoms with Gasteiger partial charge >= 0.3 is 0 Å². The van der Waals surface area contributed by atoms with Crippen LogP contribution in [-0.4, -0.2) is 115 Å². The average Bonchev–Trinajstić information content (AvgIpc) is 3.03. The van der Waals surface area contributed by atoms with Gasteiger partial charge < -0.3 is 71.8 Å². The molecule has 51 heavy (non-hydrogen) atoms. The molecule has 0 radical (unpaired) electrons. The maximum Gasteiger partial charge on any atom is 0.245 e. The van der Waals surface area contributed by atoms with Crippen LogP contribution in [0.15, 0.2) is 15.0 Å². The van der Waals surface area contributed by atoms with Gasteiger partial charge in [-0.2, -0.15) is 0 Å². The number of amides is 6. The van der Waals surface area contributed by atoms with Crippen LogP contribution in [0.4, 0.5) is 0 Å². The summed E-state index contributed by atoms with van der Waals surface area (Å²) in [7, 11) is 0. The fourth-order valence-corrected chi connectivity index (χ4v) is 4.53. The predicted molar refractivity (Wildman–Crippen MR) is 191 cm³/mol. The van der Waals surface area contributed by atoms with Crippen molar-refractivity contribution in [2.45, 2.75) is 95.9 Å². The van der Waals surface area contributed by atoms with E-state index in [2.05, 4.69) is 41.6 Å². The van der Waals surface area contributed by atoms with E-state index in [4.69, 9.17) is 40.1 Å². The first kappa shape index (κ1) is 45.6. The van der Waals surface area contributed by atoms with Crippen LogP contribution in [-0.2, 0) is 28.8 Å². The summed E-state index contributed by atoms with van der Waals surface area (Å²) in [5.41, 5.74) is 37.7. The van der Waals surface area contributed by atoms with Crippen LogP contribution in [0.5, 0.6) is 0 Å². The van der Waals surface area contributed by atoms with Crippen molar-refractivity contribution in [2.75, 3.05) is 26.2 Å². The molecule has 20 N–H and O–H groups in total. The Balaban J connectivity index is 6.16. The molecule has 0 fully saturated rings. The zero-order valence-corrected chi connectivity index (χ0v) is 29.5. The zero-order chi connectivity index (χ0) is 39.1. The number of hydrogen-bond donors (Lipinski definition) is 13. The lowest BCUT2D eigenvalue weighted by Crippen LogP contribution is -2.60. The molecular weight excluding hydrogens is 670 g/mol. The van der Waals surface area contributed by atoms with E-state index in [-0.39, 0.29) is 69.1 Å². The van der Waals surface area contributed by atoms with Crippen LogP contribution in [0.2, 0.25) is 0 Å². The van der Waals surface area contributed by atoms with Gasteiger partial charge in [0.1, 0.15) is 30.2 Å². The third kappa shape index (κ3) is 20.6. The quantitative estimate of drug-likeness (QED) is 0.0237. The molecule has 0 saturated heterocycles. The molecule has 0 saturated carbocycles. The number of carbonyl (C=O) groups is 6. The number of guanidine groups is 3. The topological polar surface area (TPSA) is 402 Å². The molecule has 0 rings (SSSR count). The van der Waals surface area contributed by atoms with Crippen LogP contribution in [0.1, 0.15) is 65.7 Å². The molecule has 22 heteroatoms. The van der Waals surface area contributed by atoms with Gasteiger partial charge in [-0.25, -0.2) is 0 Å². The molecule has 0 aliphatic carbocycles. The first-order valence-electron chi connectivity index (χ1n) is 16.4. The minimum absolute atomic E-state index is 0.00799. The van der Waals surface area contributed by atoms with Crippen LogP contribution >= 0.6 is 0 Å². The minimum atomic E-state index is -1.50. The van der Waals surface area contributed by atoms with Crippen LogP contribution in [0.3, 0.4) is 0 Å². The van der Waals surface area contributed by atoms with Crippen LogP contribution in [0, 0.1) is 5.92 Å². The number of unbranched alkanes of at least 4 members (excludes halogenated alkanes) is 1. The number of nitrogens with two attached hydrogens (primary N) is 7. The minimum Gasteiger partial charge on any atom is -0.394 e. The Labute approximate surface area is 297 Å². The standard InChI is InChI=1S/C29H57N15O7/c1-15(2)21(40-16(3)46)26(51)44-20(14-45)25(50)43-18(8-4-5-11-37-27(31)32)24(49)42-19(10-7-13-39-29(35)36)23(48)41-17(22(30)47)9-6-12-38-28(33)34/h15,17-21,45H,4-14H2,1-3H3,(H2,30,47)(H,40,46)(H,41,48)(H,42,49)(H,43,50)(H,44,51)(H4,31,32,37)(H4,33,34,38)(H4,35,36,39)/t17-,18-,19-,20-,21-/m0/s1. The maximum absolute atomic E-state index is 13.7. The highest BCUT2D eigenvalue weighted by Crippen LogP contribution is 2.08. The Bertz CT molecular complexity index is 1250. The Morgan fingerprint density at radius 2 is 0.902 bits per heavy atom. The normalized spacial score (nSPS) is 13.6. The van der Waals surface area contributed by atoms with Crippen molar-refractivity contribution < 1.29 is 33.9 Å². The second kappa shape index (κ2) is 24.7. The van der Waals surface area contributed by atoms with E-state index < -0.39 is 72.3 Å². The molecule has 5 atom stereocenters. The van der Waals surface area contributed by atoms with Gasteiger partial charge in [0, 0.05) is 26.6 Å². The maximum atomic E-state index is 13.7. The number of aliphatic hydroxyl groups excluding tert-OH is 1. The number of hydrogen-bond acceptors (Lipinski definition) is 10. The molecule has 0 unspecified atom stereocenters. The van der Waals surface area contributed by atoms with E-state index in [1.807, 2.05) is 0 Å². The third-order valence-electron chi connectivity index (χ3n) is 7.14. The number of aliphatic hydroxyl groups is 1. The monoisotopic (exact) mass is 727 g/mol. The van der Waals surface area contributed by atoms with E-state index in [1.54, 1.807) is 13.8 Å². The van der Waals surface area contributed by atoms with Crippen molar-refractivity contribution >= 4 is 53.3 Å². The van der Waals surface area contributed by atoms with Crippen molar-refractivity contribution in [3.05, 3.63) is 0 Å². The van der Waals surface area contributed by atoms with E-state index in [0.29, 0.717) is 19.3 Å². The van der Waals surface area contributed by atoms with Crippen molar-refractivity contribution in [2.24, 2.45) is 61.0 Å². The molecule has 0 aromatic rings. The number of nitrogens with zero attached hydrogens (tertiary/aromatic N) is 3. The molecule has 290 valence electrons. The smallest absolute Gasteiger partial charge is 0.245 e. The highest BCUT2D eigenvalue weighted by molar-refractivity contribution is 5.96. The summed E-state index contributed by atoms with van der Waals surface area (Å²) >= 11 is 0. The summed E-state index contributed by atoms with van der Waals surface area (Å²) in [6.45, 7) is 4.26. The SMILES string of the molecule is CC(=O)N[C@H](C(=O)N[C@@H](CO)C(=O)N[C@@H](CCCCN=C(N)N)C(=O)N[C@@H](CCCN=C(N)N)C(=O)N[C@@H](CCCN=C(N)N)C(N)=O)C(C)C. The lowest BCUT2D eigenvalue weighted by atomic mass is 10.0. The Hall–Kier alpha value is -5.41. The van der Waals surface area contributed by atoms with Crippen molar-refractivity contribution in [1.29, 1.82) is 0 Å². The number of nitrogens with one attached hydrogen (secondary N) is 5. The van der Waals surface area contributed by atoms with Gasteiger partial charge in [-0.15, -0.1) is 0 Å². The Morgan fingerprint density at radius 3 is 1.29 bits per heavy atom. The van der Waals surface area contributed by atoms with Crippen LogP contribution < -0.4 is 66.7 Å². The Kier molecular flexibility index (Phi) is 22.1. The summed E-state index contributed by atoms with van der Waals surface area (Å²) in [6.07, 6.45) is 1.38. The predicted octanol–water partition coefficient (Wildman–Crippen LogP) is -5.89. The fourth-order valence-electron chi connectivity index (χ4n) is 4.53.